The molecule has 13 heavy (non-hydrogen) atoms. The lowest BCUT2D eigenvalue weighted by atomic mass is 9.96. The first-order valence-corrected chi connectivity index (χ1v) is 4.23. The molecule has 1 atom stereocenters. The molecule has 0 spiro atoms. The summed E-state index contributed by atoms with van der Waals surface area (Å²) < 4.78 is 25.4. The largest absolute Gasteiger partial charge is 0.544 e. The van der Waals surface area contributed by atoms with E-state index in [2.05, 4.69) is 0 Å². The van der Waals surface area contributed by atoms with Gasteiger partial charge in [0.1, 0.15) is 12.1 Å². The third kappa shape index (κ3) is 1.96. The Balaban J connectivity index is 2.64. The second-order valence-corrected chi connectivity index (χ2v) is 3.40. The van der Waals surface area contributed by atoms with Gasteiger partial charge in [-0.05, 0) is 18.8 Å². The molecule has 0 aromatic rings. The maximum atomic E-state index is 12.7. The average Bonchev–Trinajstić information content (AvgIpc) is 2.54. The number of carboxylic acid groups (broad SMARTS) is 1. The van der Waals surface area contributed by atoms with E-state index in [9.17, 15) is 18.7 Å². The van der Waals surface area contributed by atoms with E-state index in [4.69, 9.17) is 5.11 Å². The highest BCUT2D eigenvalue weighted by Gasteiger charge is 2.45. The highest BCUT2D eigenvalue weighted by Crippen LogP contribution is 2.34. The lowest BCUT2D eigenvalue weighted by Crippen LogP contribution is -2.52. The predicted octanol–water partition coefficient (Wildman–Crippen LogP) is -0.0773. The van der Waals surface area contributed by atoms with E-state index in [0.29, 0.717) is 12.8 Å². The number of hydrogen-bond acceptors (Lipinski definition) is 3. The summed E-state index contributed by atoms with van der Waals surface area (Å²) >= 11 is 0. The maximum Gasteiger partial charge on any atom is 0.312 e. The zero-order chi connectivity index (χ0) is 10.1. The zero-order valence-corrected chi connectivity index (χ0v) is 7.00. The molecule has 0 heterocycles. The number of aliphatic hydroxyl groups is 1. The van der Waals surface area contributed by atoms with Crippen molar-refractivity contribution in [3.05, 3.63) is 0 Å². The molecule has 1 saturated carbocycles. The minimum Gasteiger partial charge on any atom is -0.544 e. The molecule has 0 aliphatic heterocycles. The summed E-state index contributed by atoms with van der Waals surface area (Å²) in [6, 6.07) is 0. The van der Waals surface area contributed by atoms with Crippen molar-refractivity contribution in [3.63, 3.8) is 0 Å². The van der Waals surface area contributed by atoms with E-state index < -0.39 is 23.9 Å². The third-order valence-electron chi connectivity index (χ3n) is 2.49. The van der Waals surface area contributed by atoms with Crippen molar-refractivity contribution in [2.75, 3.05) is 0 Å². The SMILES string of the molecule is O=C([O-])C(F)(F)C(O)C1CCCC1. The molecule has 0 amide bonds. The molecule has 0 radical (unpaired) electrons. The molecule has 3 nitrogen and oxygen atoms in total. The number of carbonyl (C=O) groups excluding carboxylic acids is 1. The van der Waals surface area contributed by atoms with Crippen LogP contribution in [0.1, 0.15) is 25.7 Å². The standard InChI is InChI=1S/C8H12F2O3/c9-8(10,7(12)13)6(11)5-3-1-2-4-5/h5-6,11H,1-4H2,(H,12,13)/p-1. The monoisotopic (exact) mass is 193 g/mol. The van der Waals surface area contributed by atoms with Gasteiger partial charge in [0.2, 0.25) is 0 Å². The maximum absolute atomic E-state index is 12.7. The number of aliphatic hydroxyl groups excluding tert-OH is 1. The number of rotatable bonds is 3. The van der Waals surface area contributed by atoms with Crippen LogP contribution in [-0.2, 0) is 4.79 Å². The van der Waals surface area contributed by atoms with Crippen molar-refractivity contribution in [1.82, 2.24) is 0 Å². The Hall–Kier alpha value is -0.710. The number of carboxylic acids is 1. The van der Waals surface area contributed by atoms with Crippen LogP contribution >= 0.6 is 0 Å². The fraction of sp³-hybridized carbons (Fsp3) is 0.875. The van der Waals surface area contributed by atoms with Gasteiger partial charge < -0.3 is 15.0 Å². The molecule has 1 fully saturated rings. The summed E-state index contributed by atoms with van der Waals surface area (Å²) in [5, 5.41) is 19.1. The first-order valence-electron chi connectivity index (χ1n) is 4.23. The first-order chi connectivity index (χ1) is 5.96. The highest BCUT2D eigenvalue weighted by molar-refractivity contribution is 5.73. The smallest absolute Gasteiger partial charge is 0.312 e. The van der Waals surface area contributed by atoms with Gasteiger partial charge in [-0.1, -0.05) is 12.8 Å². The first kappa shape index (κ1) is 10.4. The van der Waals surface area contributed by atoms with Crippen LogP contribution in [0.4, 0.5) is 8.78 Å². The van der Waals surface area contributed by atoms with Gasteiger partial charge in [-0.15, -0.1) is 0 Å². The number of alkyl halides is 2. The van der Waals surface area contributed by atoms with Gasteiger partial charge in [-0.2, -0.15) is 8.78 Å². The number of hydrogen-bond donors (Lipinski definition) is 1. The Morgan fingerprint density at radius 1 is 1.46 bits per heavy atom. The van der Waals surface area contributed by atoms with Gasteiger partial charge in [0.15, 0.2) is 0 Å². The topological polar surface area (TPSA) is 60.4 Å². The van der Waals surface area contributed by atoms with Crippen LogP contribution in [0.2, 0.25) is 0 Å². The van der Waals surface area contributed by atoms with Crippen LogP contribution in [0, 0.1) is 5.92 Å². The van der Waals surface area contributed by atoms with E-state index >= 15 is 0 Å². The van der Waals surface area contributed by atoms with Gasteiger partial charge in [0.05, 0.1) is 0 Å². The van der Waals surface area contributed by atoms with Crippen molar-refractivity contribution in [2.45, 2.75) is 37.7 Å². The summed E-state index contributed by atoms with van der Waals surface area (Å²) in [5.74, 6) is -7.21. The van der Waals surface area contributed by atoms with Crippen molar-refractivity contribution >= 4 is 5.97 Å². The Labute approximate surface area is 74.4 Å². The normalized spacial score (nSPS) is 21.8. The molecule has 5 heteroatoms. The Kier molecular flexibility index (Phi) is 2.85. The number of aliphatic carboxylic acids is 1. The minimum absolute atomic E-state index is 0.462. The quantitative estimate of drug-likeness (QED) is 0.682. The van der Waals surface area contributed by atoms with Crippen LogP contribution in [0.5, 0.6) is 0 Å². The fourth-order valence-corrected chi connectivity index (χ4v) is 1.69. The van der Waals surface area contributed by atoms with Crippen molar-refractivity contribution in [2.24, 2.45) is 5.92 Å². The molecule has 1 N–H and O–H groups in total. The van der Waals surface area contributed by atoms with Crippen molar-refractivity contribution in [3.8, 4) is 0 Å². The minimum atomic E-state index is -4.12. The van der Waals surface area contributed by atoms with Crippen LogP contribution in [0.25, 0.3) is 0 Å². The fourth-order valence-electron chi connectivity index (χ4n) is 1.69. The van der Waals surface area contributed by atoms with Crippen molar-refractivity contribution < 1.29 is 23.8 Å². The summed E-state index contributed by atoms with van der Waals surface area (Å²) in [5.41, 5.74) is 0. The highest BCUT2D eigenvalue weighted by atomic mass is 19.3. The van der Waals surface area contributed by atoms with E-state index in [-0.39, 0.29) is 0 Å². The summed E-state index contributed by atoms with van der Waals surface area (Å²) in [6.45, 7) is 0. The van der Waals surface area contributed by atoms with Gasteiger partial charge in [0.25, 0.3) is 0 Å². The molecule has 1 unspecified atom stereocenters. The van der Waals surface area contributed by atoms with E-state index in [1.165, 1.54) is 0 Å². The molecule has 1 rings (SSSR count). The lowest BCUT2D eigenvalue weighted by Gasteiger charge is -2.27. The second kappa shape index (κ2) is 3.57. The third-order valence-corrected chi connectivity index (χ3v) is 2.49. The van der Waals surface area contributed by atoms with E-state index in [1.54, 1.807) is 0 Å². The summed E-state index contributed by atoms with van der Waals surface area (Å²) in [4.78, 5) is 10.00. The molecule has 0 aromatic heterocycles. The van der Waals surface area contributed by atoms with Gasteiger partial charge in [-0.3, -0.25) is 0 Å². The Bertz CT molecular complexity index is 200. The molecule has 1 aliphatic rings. The average molecular weight is 193 g/mol. The van der Waals surface area contributed by atoms with Crippen LogP contribution in [-0.4, -0.2) is 23.1 Å². The molecule has 1 aliphatic carbocycles. The van der Waals surface area contributed by atoms with Gasteiger partial charge >= 0.3 is 5.92 Å². The number of halogens is 2. The summed E-state index contributed by atoms with van der Waals surface area (Å²) in [7, 11) is 0. The van der Waals surface area contributed by atoms with Crippen molar-refractivity contribution in [1.29, 1.82) is 0 Å². The predicted molar refractivity (Wildman–Crippen MR) is 37.9 cm³/mol. The Morgan fingerprint density at radius 3 is 2.31 bits per heavy atom. The number of carbonyl (C=O) groups is 1. The zero-order valence-electron chi connectivity index (χ0n) is 7.00. The van der Waals surface area contributed by atoms with E-state index in [0.717, 1.165) is 12.8 Å². The van der Waals surface area contributed by atoms with Crippen LogP contribution < -0.4 is 5.11 Å². The van der Waals surface area contributed by atoms with Gasteiger partial charge in [0, 0.05) is 0 Å². The lowest BCUT2D eigenvalue weighted by molar-refractivity contribution is -0.337. The summed E-state index contributed by atoms with van der Waals surface area (Å²) in [6.07, 6.45) is 0.365. The Morgan fingerprint density at radius 2 is 1.92 bits per heavy atom. The molecule has 0 saturated heterocycles. The molecular formula is C8H11F2O3-. The van der Waals surface area contributed by atoms with Crippen LogP contribution in [0.3, 0.4) is 0 Å². The van der Waals surface area contributed by atoms with Crippen LogP contribution in [0.15, 0.2) is 0 Å². The van der Waals surface area contributed by atoms with E-state index in [1.807, 2.05) is 0 Å². The molecule has 0 bridgehead atoms. The molecule has 0 aromatic carbocycles. The molecule has 76 valence electrons. The second-order valence-electron chi connectivity index (χ2n) is 3.40. The molecular weight excluding hydrogens is 182 g/mol. The van der Waals surface area contributed by atoms with Gasteiger partial charge in [-0.25, -0.2) is 0 Å².